The zero-order chi connectivity index (χ0) is 24.4. The number of anilines is 2. The molecule has 1 saturated heterocycles. The fourth-order valence-electron chi connectivity index (χ4n) is 4.49. The van der Waals surface area contributed by atoms with Crippen molar-refractivity contribution >= 4 is 40.4 Å². The van der Waals surface area contributed by atoms with E-state index in [1.807, 2.05) is 4.90 Å². The second-order valence-electron chi connectivity index (χ2n) is 8.77. The standard InChI is InChI=1S/C24H26FN5O5/c25-19-14-20-18(13-21(19)29-9-11-34-12-10-29)24(26-15-1-3-16(31)4-2-15)28-22(27-20)7-5-17-6-8-23(35-17)30(32)33/h5-8,13-16,31H,1-4,9-12H2,(H,26,27,28)/b7-5+. The molecule has 1 aromatic carbocycles. The van der Waals surface area contributed by atoms with Crippen molar-refractivity contribution in [3.05, 3.63) is 51.8 Å². The van der Waals surface area contributed by atoms with Gasteiger partial charge in [-0.15, -0.1) is 0 Å². The van der Waals surface area contributed by atoms with Crippen LogP contribution in [0.2, 0.25) is 0 Å². The van der Waals surface area contributed by atoms with Crippen LogP contribution < -0.4 is 10.2 Å². The second-order valence-corrected chi connectivity index (χ2v) is 8.77. The minimum Gasteiger partial charge on any atom is -0.401 e. The number of aliphatic hydroxyl groups is 1. The molecule has 3 aromatic rings. The highest BCUT2D eigenvalue weighted by Gasteiger charge is 2.22. The number of nitro groups is 1. The minimum absolute atomic E-state index is 0.123. The number of ether oxygens (including phenoxy) is 1. The Bertz CT molecular complexity index is 1250. The minimum atomic E-state index is -0.609. The van der Waals surface area contributed by atoms with Gasteiger partial charge in [-0.25, -0.2) is 14.4 Å². The molecule has 11 heteroatoms. The average Bonchev–Trinajstić information content (AvgIpc) is 3.34. The van der Waals surface area contributed by atoms with Crippen LogP contribution in [0.4, 0.5) is 21.8 Å². The number of halogens is 1. The first-order valence-corrected chi connectivity index (χ1v) is 11.7. The van der Waals surface area contributed by atoms with E-state index in [1.54, 1.807) is 12.1 Å². The summed E-state index contributed by atoms with van der Waals surface area (Å²) in [6.07, 6.45) is 5.83. The van der Waals surface area contributed by atoms with Crippen molar-refractivity contribution in [3.8, 4) is 0 Å². The number of aliphatic hydroxyl groups excluding tert-OH is 1. The van der Waals surface area contributed by atoms with Gasteiger partial charge in [-0.1, -0.05) is 0 Å². The lowest BCUT2D eigenvalue weighted by Crippen LogP contribution is -2.36. The van der Waals surface area contributed by atoms with E-state index in [-0.39, 0.29) is 29.6 Å². The van der Waals surface area contributed by atoms with Crippen LogP contribution in [0, 0.1) is 15.9 Å². The molecule has 0 radical (unpaired) electrons. The van der Waals surface area contributed by atoms with Crippen LogP contribution in [0.3, 0.4) is 0 Å². The third-order valence-electron chi connectivity index (χ3n) is 6.36. The lowest BCUT2D eigenvalue weighted by Gasteiger charge is -2.30. The lowest BCUT2D eigenvalue weighted by atomic mass is 9.93. The summed E-state index contributed by atoms with van der Waals surface area (Å²) >= 11 is 0. The highest BCUT2D eigenvalue weighted by atomic mass is 19.1. The molecule has 0 amide bonds. The second kappa shape index (κ2) is 9.96. The van der Waals surface area contributed by atoms with Crippen LogP contribution >= 0.6 is 0 Å². The number of fused-ring (bicyclic) bond motifs is 1. The summed E-state index contributed by atoms with van der Waals surface area (Å²) in [7, 11) is 0. The van der Waals surface area contributed by atoms with Crippen LogP contribution in [-0.2, 0) is 4.74 Å². The molecule has 1 saturated carbocycles. The third-order valence-corrected chi connectivity index (χ3v) is 6.36. The molecule has 0 unspecified atom stereocenters. The van der Waals surface area contributed by atoms with Crippen molar-refractivity contribution in [2.24, 2.45) is 0 Å². The number of hydrogen-bond donors (Lipinski definition) is 2. The van der Waals surface area contributed by atoms with E-state index < -0.39 is 4.92 Å². The van der Waals surface area contributed by atoms with Crippen molar-refractivity contribution in [1.29, 1.82) is 0 Å². The maximum Gasteiger partial charge on any atom is 0.433 e. The van der Waals surface area contributed by atoms with Gasteiger partial charge in [0.15, 0.2) is 5.82 Å². The Labute approximate surface area is 200 Å². The summed E-state index contributed by atoms with van der Waals surface area (Å²) in [5, 5.41) is 24.9. The van der Waals surface area contributed by atoms with E-state index in [2.05, 4.69) is 15.3 Å². The Balaban J connectivity index is 1.51. The molecule has 1 aliphatic carbocycles. The van der Waals surface area contributed by atoms with E-state index in [0.29, 0.717) is 67.4 Å². The molecule has 1 aliphatic heterocycles. The Morgan fingerprint density at radius 3 is 2.63 bits per heavy atom. The van der Waals surface area contributed by atoms with Gasteiger partial charge in [0.1, 0.15) is 22.3 Å². The van der Waals surface area contributed by atoms with Gasteiger partial charge in [-0.05, 0) is 50.0 Å². The van der Waals surface area contributed by atoms with Crippen molar-refractivity contribution in [2.75, 3.05) is 36.5 Å². The number of furan rings is 1. The van der Waals surface area contributed by atoms with Crippen LogP contribution in [-0.4, -0.2) is 58.4 Å². The fourth-order valence-corrected chi connectivity index (χ4v) is 4.49. The van der Waals surface area contributed by atoms with Crippen LogP contribution in [0.1, 0.15) is 37.3 Å². The average molecular weight is 484 g/mol. The van der Waals surface area contributed by atoms with Gasteiger partial charge in [-0.3, -0.25) is 10.1 Å². The summed E-state index contributed by atoms with van der Waals surface area (Å²) in [6.45, 7) is 2.28. The number of aromatic nitrogens is 2. The quantitative estimate of drug-likeness (QED) is 0.395. The van der Waals surface area contributed by atoms with Gasteiger partial charge in [0.2, 0.25) is 0 Å². The zero-order valence-corrected chi connectivity index (χ0v) is 19.0. The van der Waals surface area contributed by atoms with Gasteiger partial charge in [-0.2, -0.15) is 0 Å². The van der Waals surface area contributed by atoms with Crippen molar-refractivity contribution in [2.45, 2.75) is 37.8 Å². The van der Waals surface area contributed by atoms with E-state index in [4.69, 9.17) is 9.15 Å². The Kier molecular flexibility index (Phi) is 6.60. The molecule has 35 heavy (non-hydrogen) atoms. The monoisotopic (exact) mass is 483 g/mol. The van der Waals surface area contributed by atoms with Gasteiger partial charge < -0.3 is 24.5 Å². The molecule has 184 valence electrons. The largest absolute Gasteiger partial charge is 0.433 e. The molecule has 0 spiro atoms. The van der Waals surface area contributed by atoms with Crippen LogP contribution in [0.15, 0.2) is 28.7 Å². The van der Waals surface area contributed by atoms with E-state index in [1.165, 1.54) is 24.3 Å². The third kappa shape index (κ3) is 5.25. The van der Waals surface area contributed by atoms with Crippen LogP contribution in [0.5, 0.6) is 0 Å². The Morgan fingerprint density at radius 1 is 1.14 bits per heavy atom. The van der Waals surface area contributed by atoms with E-state index in [9.17, 15) is 15.2 Å². The summed E-state index contributed by atoms with van der Waals surface area (Å²) < 4.78 is 25.7. The first-order chi connectivity index (χ1) is 17.0. The number of nitrogens with one attached hydrogen (secondary N) is 1. The van der Waals surface area contributed by atoms with Crippen LogP contribution in [0.25, 0.3) is 23.1 Å². The Morgan fingerprint density at radius 2 is 1.91 bits per heavy atom. The molecule has 0 bridgehead atoms. The van der Waals surface area contributed by atoms with E-state index >= 15 is 4.39 Å². The normalized spacial score (nSPS) is 21.0. The fraction of sp³-hybridized carbons (Fsp3) is 0.417. The number of rotatable bonds is 6. The maximum atomic E-state index is 15.1. The predicted molar refractivity (Wildman–Crippen MR) is 129 cm³/mol. The smallest absolute Gasteiger partial charge is 0.401 e. The Hall–Kier alpha value is -3.57. The number of hydrogen-bond acceptors (Lipinski definition) is 9. The molecule has 3 heterocycles. The van der Waals surface area contributed by atoms with E-state index in [0.717, 1.165) is 12.8 Å². The zero-order valence-electron chi connectivity index (χ0n) is 19.0. The highest BCUT2D eigenvalue weighted by Crippen LogP contribution is 2.32. The van der Waals surface area contributed by atoms with Crippen molar-refractivity contribution in [3.63, 3.8) is 0 Å². The summed E-state index contributed by atoms with van der Waals surface area (Å²) in [5.41, 5.74) is 0.927. The highest BCUT2D eigenvalue weighted by molar-refractivity contribution is 5.93. The molecular formula is C24H26FN5O5. The topological polar surface area (TPSA) is 127 Å². The molecule has 2 aromatic heterocycles. The van der Waals surface area contributed by atoms with Gasteiger partial charge in [0.05, 0.1) is 36.6 Å². The molecule has 10 nitrogen and oxygen atoms in total. The lowest BCUT2D eigenvalue weighted by molar-refractivity contribution is -0.402. The summed E-state index contributed by atoms with van der Waals surface area (Å²) in [4.78, 5) is 21.4. The molecule has 2 aliphatic rings. The van der Waals surface area contributed by atoms with Gasteiger partial charge >= 0.3 is 5.88 Å². The summed E-state index contributed by atoms with van der Waals surface area (Å²) in [5.74, 6) is 0.444. The predicted octanol–water partition coefficient (Wildman–Crippen LogP) is 3.99. The molecular weight excluding hydrogens is 457 g/mol. The maximum absolute atomic E-state index is 15.1. The molecule has 2 N–H and O–H groups in total. The van der Waals surface area contributed by atoms with Gasteiger partial charge in [0, 0.05) is 30.6 Å². The summed E-state index contributed by atoms with van der Waals surface area (Å²) in [6, 6.07) is 6.06. The molecule has 0 atom stereocenters. The first kappa shape index (κ1) is 23.2. The SMILES string of the molecule is O=[N+]([O-])c1ccc(/C=C/c2nc(NC3CCC(O)CC3)c3cc(N4CCOCC4)c(F)cc3n2)o1. The first-order valence-electron chi connectivity index (χ1n) is 11.7. The van der Waals surface area contributed by atoms with Crippen molar-refractivity contribution < 1.29 is 23.6 Å². The molecule has 5 rings (SSSR count). The number of nitrogens with zero attached hydrogens (tertiary/aromatic N) is 4. The van der Waals surface area contributed by atoms with Gasteiger partial charge in [0.25, 0.3) is 0 Å². The number of morpholine rings is 1. The molecule has 2 fully saturated rings. The van der Waals surface area contributed by atoms with Crippen molar-refractivity contribution in [1.82, 2.24) is 9.97 Å². The number of benzene rings is 1.